The number of benzene rings is 2. The largest absolute Gasteiger partial charge is 0.507 e. The Kier molecular flexibility index (Phi) is 3.34. The monoisotopic (exact) mass is 237 g/mol. The van der Waals surface area contributed by atoms with Crippen LogP contribution in [0.25, 0.3) is 11.1 Å². The van der Waals surface area contributed by atoms with Crippen LogP contribution < -0.4 is 0 Å². The van der Waals surface area contributed by atoms with Crippen molar-refractivity contribution in [2.24, 2.45) is 0 Å². The number of nitrogens with zero attached hydrogens (tertiary/aromatic N) is 1. The summed E-state index contributed by atoms with van der Waals surface area (Å²) >= 11 is 0. The van der Waals surface area contributed by atoms with E-state index in [2.05, 4.69) is 26.0 Å². The van der Waals surface area contributed by atoms with E-state index in [1.165, 1.54) is 5.56 Å². The normalized spacial score (nSPS) is 10.3. The highest BCUT2D eigenvalue weighted by Gasteiger charge is 2.04. The van der Waals surface area contributed by atoms with Crippen molar-refractivity contribution in [2.45, 2.75) is 19.8 Å². The molecule has 0 aliphatic heterocycles. The van der Waals surface area contributed by atoms with Gasteiger partial charge in [0.1, 0.15) is 11.8 Å². The van der Waals surface area contributed by atoms with Crippen molar-refractivity contribution < 1.29 is 5.11 Å². The van der Waals surface area contributed by atoms with E-state index in [0.717, 1.165) is 11.1 Å². The van der Waals surface area contributed by atoms with Gasteiger partial charge in [-0.1, -0.05) is 44.2 Å². The molecular weight excluding hydrogens is 222 g/mol. The topological polar surface area (TPSA) is 44.0 Å². The van der Waals surface area contributed by atoms with Gasteiger partial charge in [-0.25, -0.2) is 0 Å². The summed E-state index contributed by atoms with van der Waals surface area (Å²) in [7, 11) is 0. The van der Waals surface area contributed by atoms with Crippen molar-refractivity contribution >= 4 is 0 Å². The highest BCUT2D eigenvalue weighted by molar-refractivity contribution is 5.67. The van der Waals surface area contributed by atoms with Crippen molar-refractivity contribution in [1.29, 1.82) is 5.26 Å². The maximum absolute atomic E-state index is 9.48. The van der Waals surface area contributed by atoms with Crippen molar-refractivity contribution in [2.75, 3.05) is 0 Å². The number of rotatable bonds is 2. The zero-order chi connectivity index (χ0) is 13.1. The Labute approximate surface area is 107 Å². The van der Waals surface area contributed by atoms with E-state index in [1.54, 1.807) is 12.1 Å². The second-order valence-electron chi connectivity index (χ2n) is 4.62. The van der Waals surface area contributed by atoms with Gasteiger partial charge >= 0.3 is 0 Å². The summed E-state index contributed by atoms with van der Waals surface area (Å²) in [5.74, 6) is 0.536. The van der Waals surface area contributed by atoms with E-state index in [4.69, 9.17) is 5.26 Å². The van der Waals surface area contributed by atoms with Crippen molar-refractivity contribution in [3.8, 4) is 22.9 Å². The van der Waals surface area contributed by atoms with Gasteiger partial charge in [-0.3, -0.25) is 0 Å². The molecule has 0 saturated carbocycles. The van der Waals surface area contributed by atoms with Gasteiger partial charge in [0.05, 0.1) is 5.56 Å². The Morgan fingerprint density at radius 2 is 1.61 bits per heavy atom. The van der Waals surface area contributed by atoms with Gasteiger partial charge in [0.2, 0.25) is 0 Å². The lowest BCUT2D eigenvalue weighted by molar-refractivity contribution is 0.473. The lowest BCUT2D eigenvalue weighted by Gasteiger charge is -2.07. The predicted molar refractivity (Wildman–Crippen MR) is 72.3 cm³/mol. The third kappa shape index (κ3) is 2.36. The number of hydrogen-bond acceptors (Lipinski definition) is 2. The first-order valence-corrected chi connectivity index (χ1v) is 5.95. The minimum Gasteiger partial charge on any atom is -0.507 e. The van der Waals surface area contributed by atoms with Gasteiger partial charge in [-0.2, -0.15) is 5.26 Å². The van der Waals surface area contributed by atoms with E-state index in [1.807, 2.05) is 24.3 Å². The molecule has 0 saturated heterocycles. The molecule has 0 aliphatic carbocycles. The molecular formula is C16H15NO. The molecule has 0 fully saturated rings. The maximum Gasteiger partial charge on any atom is 0.133 e. The third-order valence-corrected chi connectivity index (χ3v) is 3.03. The van der Waals surface area contributed by atoms with Crippen LogP contribution in [0.15, 0.2) is 42.5 Å². The number of phenolic OH excluding ortho intramolecular Hbond substituents is 1. The molecule has 0 aliphatic rings. The number of phenols is 1. The molecule has 0 unspecified atom stereocenters. The summed E-state index contributed by atoms with van der Waals surface area (Å²) in [6.07, 6.45) is 0. The highest BCUT2D eigenvalue weighted by atomic mass is 16.3. The van der Waals surface area contributed by atoms with Crippen LogP contribution in [0, 0.1) is 11.3 Å². The molecule has 18 heavy (non-hydrogen) atoms. The Morgan fingerprint density at radius 3 is 2.17 bits per heavy atom. The average molecular weight is 237 g/mol. The number of aromatic hydroxyl groups is 1. The molecule has 0 atom stereocenters. The second-order valence-corrected chi connectivity index (χ2v) is 4.62. The van der Waals surface area contributed by atoms with Crippen LogP contribution in [-0.2, 0) is 0 Å². The molecule has 0 radical (unpaired) electrons. The van der Waals surface area contributed by atoms with Crippen LogP contribution in [0.5, 0.6) is 5.75 Å². The maximum atomic E-state index is 9.48. The van der Waals surface area contributed by atoms with Gasteiger partial charge in [-0.05, 0) is 34.7 Å². The first-order valence-electron chi connectivity index (χ1n) is 5.95. The van der Waals surface area contributed by atoms with Crippen LogP contribution in [0.4, 0.5) is 0 Å². The molecule has 2 aromatic carbocycles. The first kappa shape index (κ1) is 12.2. The Hall–Kier alpha value is -2.27. The quantitative estimate of drug-likeness (QED) is 0.856. The molecule has 2 heteroatoms. The van der Waals surface area contributed by atoms with Gasteiger partial charge in [0.25, 0.3) is 0 Å². The molecule has 2 aromatic rings. The summed E-state index contributed by atoms with van der Waals surface area (Å²) in [6, 6.07) is 15.4. The van der Waals surface area contributed by atoms with Crippen molar-refractivity contribution in [1.82, 2.24) is 0 Å². The highest BCUT2D eigenvalue weighted by Crippen LogP contribution is 2.26. The molecule has 2 rings (SSSR count). The van der Waals surface area contributed by atoms with Crippen LogP contribution in [0.3, 0.4) is 0 Å². The first-order chi connectivity index (χ1) is 8.61. The fourth-order valence-electron chi connectivity index (χ4n) is 1.87. The molecule has 0 spiro atoms. The molecule has 90 valence electrons. The summed E-state index contributed by atoms with van der Waals surface area (Å²) in [5, 5.41) is 18.4. The zero-order valence-electron chi connectivity index (χ0n) is 10.5. The van der Waals surface area contributed by atoms with Gasteiger partial charge in [0, 0.05) is 0 Å². The molecule has 1 N–H and O–H groups in total. The fourth-order valence-corrected chi connectivity index (χ4v) is 1.87. The SMILES string of the molecule is CC(C)c1ccc(-c2ccc(O)c(C#N)c2)cc1. The van der Waals surface area contributed by atoms with Gasteiger partial charge in [0.15, 0.2) is 0 Å². The third-order valence-electron chi connectivity index (χ3n) is 3.03. The molecule has 0 bridgehead atoms. The van der Waals surface area contributed by atoms with Gasteiger partial charge in [-0.15, -0.1) is 0 Å². The summed E-state index contributed by atoms with van der Waals surface area (Å²) in [6.45, 7) is 4.31. The summed E-state index contributed by atoms with van der Waals surface area (Å²) in [4.78, 5) is 0. The summed E-state index contributed by atoms with van der Waals surface area (Å²) < 4.78 is 0. The summed E-state index contributed by atoms with van der Waals surface area (Å²) in [5.41, 5.74) is 3.59. The zero-order valence-corrected chi connectivity index (χ0v) is 10.5. The molecule has 0 heterocycles. The Balaban J connectivity index is 2.40. The minimum atomic E-state index is 0.0278. The van der Waals surface area contributed by atoms with Gasteiger partial charge < -0.3 is 5.11 Å². The number of hydrogen-bond donors (Lipinski definition) is 1. The smallest absolute Gasteiger partial charge is 0.133 e. The van der Waals surface area contributed by atoms with Crippen LogP contribution in [0.1, 0.15) is 30.9 Å². The molecule has 0 aromatic heterocycles. The Bertz CT molecular complexity index is 591. The van der Waals surface area contributed by atoms with E-state index in [-0.39, 0.29) is 5.75 Å². The van der Waals surface area contributed by atoms with E-state index < -0.39 is 0 Å². The Morgan fingerprint density at radius 1 is 1.00 bits per heavy atom. The fraction of sp³-hybridized carbons (Fsp3) is 0.188. The number of nitriles is 1. The van der Waals surface area contributed by atoms with E-state index >= 15 is 0 Å². The minimum absolute atomic E-state index is 0.0278. The van der Waals surface area contributed by atoms with Crippen LogP contribution in [-0.4, -0.2) is 5.11 Å². The lowest BCUT2D eigenvalue weighted by atomic mass is 9.98. The van der Waals surface area contributed by atoms with Crippen molar-refractivity contribution in [3.05, 3.63) is 53.6 Å². The second kappa shape index (κ2) is 4.93. The van der Waals surface area contributed by atoms with Crippen molar-refractivity contribution in [3.63, 3.8) is 0 Å². The standard InChI is InChI=1S/C16H15NO/c1-11(2)12-3-5-13(6-4-12)14-7-8-16(18)15(9-14)10-17/h3-9,11,18H,1-2H3. The molecule has 0 amide bonds. The van der Waals surface area contributed by atoms with Crippen LogP contribution in [0.2, 0.25) is 0 Å². The average Bonchev–Trinajstić information content (AvgIpc) is 2.39. The lowest BCUT2D eigenvalue weighted by Crippen LogP contribution is -1.87. The van der Waals surface area contributed by atoms with E-state index in [0.29, 0.717) is 11.5 Å². The van der Waals surface area contributed by atoms with Crippen LogP contribution >= 0.6 is 0 Å². The van der Waals surface area contributed by atoms with E-state index in [9.17, 15) is 5.11 Å². The molecule has 2 nitrogen and oxygen atoms in total. The predicted octanol–water partition coefficient (Wildman–Crippen LogP) is 4.05.